The van der Waals surface area contributed by atoms with Crippen molar-refractivity contribution in [1.29, 1.82) is 0 Å². The van der Waals surface area contributed by atoms with E-state index >= 15 is 0 Å². The van der Waals surface area contributed by atoms with Crippen LogP contribution < -0.4 is 10.1 Å². The molecule has 1 aromatic rings. The zero-order valence-corrected chi connectivity index (χ0v) is 13.3. The topological polar surface area (TPSA) is 47.6 Å². The maximum Gasteiger partial charge on any atom is 0.224 e. The van der Waals surface area contributed by atoms with E-state index in [0.717, 1.165) is 37.0 Å². The maximum absolute atomic E-state index is 12.8. The molecular weight excluding hydrogens is 278 g/mol. The fourth-order valence-electron chi connectivity index (χ4n) is 3.71. The molecule has 2 aliphatic rings. The average Bonchev–Trinajstić information content (AvgIpc) is 2.85. The number of rotatable bonds is 4. The first-order valence-corrected chi connectivity index (χ1v) is 8.24. The number of ether oxygens (including phenoxy) is 2. The van der Waals surface area contributed by atoms with Gasteiger partial charge in [-0.3, -0.25) is 4.79 Å². The maximum atomic E-state index is 12.8. The van der Waals surface area contributed by atoms with E-state index in [2.05, 4.69) is 11.4 Å². The van der Waals surface area contributed by atoms with Gasteiger partial charge < -0.3 is 14.8 Å². The largest absolute Gasteiger partial charge is 0.493 e. The van der Waals surface area contributed by atoms with Crippen LogP contribution in [0.5, 0.6) is 5.75 Å². The van der Waals surface area contributed by atoms with Crippen LogP contribution in [0, 0.1) is 5.92 Å². The van der Waals surface area contributed by atoms with Crippen LogP contribution in [0.2, 0.25) is 0 Å². The van der Waals surface area contributed by atoms with Crippen molar-refractivity contribution in [2.24, 2.45) is 5.92 Å². The molecule has 1 saturated carbocycles. The number of carbonyl (C=O) groups excluding carboxylic acids is 1. The number of para-hydroxylation sites is 1. The minimum Gasteiger partial charge on any atom is -0.493 e. The highest BCUT2D eigenvalue weighted by Crippen LogP contribution is 2.32. The molecule has 1 fully saturated rings. The van der Waals surface area contributed by atoms with E-state index in [4.69, 9.17) is 9.47 Å². The smallest absolute Gasteiger partial charge is 0.224 e. The number of hydrogen-bond acceptors (Lipinski definition) is 3. The van der Waals surface area contributed by atoms with Crippen molar-refractivity contribution in [2.45, 2.75) is 44.1 Å². The number of nitrogens with one attached hydrogen (secondary N) is 1. The molecule has 0 aromatic heterocycles. The summed E-state index contributed by atoms with van der Waals surface area (Å²) in [5.74, 6) is 1.06. The molecule has 4 heteroatoms. The van der Waals surface area contributed by atoms with Crippen molar-refractivity contribution in [1.82, 2.24) is 5.32 Å². The SMILES string of the molecule is COCC1(NC(=O)[C@@H]2CCOc3ccccc3C2)CCCC1. The Hall–Kier alpha value is -1.55. The van der Waals surface area contributed by atoms with E-state index in [9.17, 15) is 4.79 Å². The lowest BCUT2D eigenvalue weighted by Gasteiger charge is -2.31. The fourth-order valence-corrected chi connectivity index (χ4v) is 3.71. The van der Waals surface area contributed by atoms with Gasteiger partial charge >= 0.3 is 0 Å². The molecule has 120 valence electrons. The van der Waals surface area contributed by atoms with Crippen molar-refractivity contribution >= 4 is 5.91 Å². The summed E-state index contributed by atoms with van der Waals surface area (Å²) in [6.45, 7) is 1.21. The second-order valence-electron chi connectivity index (χ2n) is 6.56. The predicted molar refractivity (Wildman–Crippen MR) is 85.0 cm³/mol. The van der Waals surface area contributed by atoms with Crippen LogP contribution in [0.1, 0.15) is 37.7 Å². The van der Waals surface area contributed by atoms with Gasteiger partial charge in [0.05, 0.1) is 18.8 Å². The third-order valence-corrected chi connectivity index (χ3v) is 4.90. The van der Waals surface area contributed by atoms with Crippen LogP contribution in [0.4, 0.5) is 0 Å². The monoisotopic (exact) mass is 303 g/mol. The van der Waals surface area contributed by atoms with Crippen LogP contribution in [-0.4, -0.2) is 31.8 Å². The number of amides is 1. The highest BCUT2D eigenvalue weighted by molar-refractivity contribution is 5.80. The molecule has 1 amide bonds. The molecule has 0 radical (unpaired) electrons. The van der Waals surface area contributed by atoms with Gasteiger partial charge in [0.1, 0.15) is 5.75 Å². The van der Waals surface area contributed by atoms with Gasteiger partial charge in [-0.15, -0.1) is 0 Å². The van der Waals surface area contributed by atoms with E-state index in [-0.39, 0.29) is 17.4 Å². The zero-order chi connectivity index (χ0) is 15.4. The van der Waals surface area contributed by atoms with Gasteiger partial charge in [0, 0.05) is 13.0 Å². The van der Waals surface area contributed by atoms with Crippen molar-refractivity contribution < 1.29 is 14.3 Å². The molecule has 0 saturated heterocycles. The number of methoxy groups -OCH3 is 1. The highest BCUT2D eigenvalue weighted by atomic mass is 16.5. The highest BCUT2D eigenvalue weighted by Gasteiger charge is 2.37. The van der Waals surface area contributed by atoms with Crippen LogP contribution in [0.3, 0.4) is 0 Å². The molecule has 1 aromatic carbocycles. The first kappa shape index (κ1) is 15.3. The first-order valence-electron chi connectivity index (χ1n) is 8.24. The van der Waals surface area contributed by atoms with Crippen molar-refractivity contribution in [3.63, 3.8) is 0 Å². The summed E-state index contributed by atoms with van der Waals surface area (Å²) in [6.07, 6.45) is 5.90. The van der Waals surface area contributed by atoms with E-state index < -0.39 is 0 Å². The number of fused-ring (bicyclic) bond motifs is 1. The van der Waals surface area contributed by atoms with Gasteiger partial charge in [-0.2, -0.15) is 0 Å². The number of benzene rings is 1. The van der Waals surface area contributed by atoms with E-state index in [1.54, 1.807) is 7.11 Å². The number of hydrogen-bond donors (Lipinski definition) is 1. The Bertz CT molecular complexity index is 523. The second kappa shape index (κ2) is 6.69. The minimum absolute atomic E-state index is 0.0158. The quantitative estimate of drug-likeness (QED) is 0.930. The van der Waals surface area contributed by atoms with E-state index in [1.165, 1.54) is 12.8 Å². The molecule has 0 bridgehead atoms. The van der Waals surface area contributed by atoms with Crippen molar-refractivity contribution in [2.75, 3.05) is 20.3 Å². The van der Waals surface area contributed by atoms with E-state index in [0.29, 0.717) is 13.2 Å². The second-order valence-corrected chi connectivity index (χ2v) is 6.56. The van der Waals surface area contributed by atoms with Crippen molar-refractivity contribution in [3.05, 3.63) is 29.8 Å². The molecule has 4 nitrogen and oxygen atoms in total. The van der Waals surface area contributed by atoms with Gasteiger partial charge in [-0.1, -0.05) is 31.0 Å². The molecule has 1 N–H and O–H groups in total. The molecule has 1 aliphatic carbocycles. The Morgan fingerprint density at radius 1 is 1.36 bits per heavy atom. The Morgan fingerprint density at radius 3 is 2.91 bits per heavy atom. The van der Waals surface area contributed by atoms with Crippen LogP contribution >= 0.6 is 0 Å². The summed E-state index contributed by atoms with van der Waals surface area (Å²) in [5, 5.41) is 3.30. The van der Waals surface area contributed by atoms with Gasteiger partial charge in [0.25, 0.3) is 0 Å². The summed E-state index contributed by atoms with van der Waals surface area (Å²) in [5.41, 5.74) is 0.978. The van der Waals surface area contributed by atoms with Gasteiger partial charge in [0.2, 0.25) is 5.91 Å². The van der Waals surface area contributed by atoms with Crippen LogP contribution in [0.25, 0.3) is 0 Å². The Balaban J connectivity index is 1.69. The van der Waals surface area contributed by atoms with Gasteiger partial charge in [-0.05, 0) is 37.3 Å². The molecule has 1 atom stereocenters. The standard InChI is InChI=1S/C18H25NO3/c1-21-13-18(9-4-5-10-18)19-17(20)15-8-11-22-16-7-3-2-6-14(16)12-15/h2-3,6-7,15H,4-5,8-13H2,1H3,(H,19,20)/t15-/m1/s1. The minimum atomic E-state index is -0.154. The third-order valence-electron chi connectivity index (χ3n) is 4.90. The van der Waals surface area contributed by atoms with Crippen LogP contribution in [0.15, 0.2) is 24.3 Å². The molecule has 22 heavy (non-hydrogen) atoms. The lowest BCUT2D eigenvalue weighted by Crippen LogP contribution is -2.51. The Kier molecular flexibility index (Phi) is 4.67. The zero-order valence-electron chi connectivity index (χ0n) is 13.3. The Morgan fingerprint density at radius 2 is 2.14 bits per heavy atom. The predicted octanol–water partition coefficient (Wildman–Crippen LogP) is 2.70. The number of carbonyl (C=O) groups is 1. The molecule has 0 spiro atoms. The third kappa shape index (κ3) is 3.27. The average molecular weight is 303 g/mol. The Labute approximate surface area is 132 Å². The molecule has 1 heterocycles. The van der Waals surface area contributed by atoms with Crippen LogP contribution in [-0.2, 0) is 16.0 Å². The van der Waals surface area contributed by atoms with Gasteiger partial charge in [-0.25, -0.2) is 0 Å². The molecule has 0 unspecified atom stereocenters. The van der Waals surface area contributed by atoms with Gasteiger partial charge in [0.15, 0.2) is 0 Å². The normalized spacial score (nSPS) is 23.2. The summed E-state index contributed by atoms with van der Waals surface area (Å²) in [4.78, 5) is 12.8. The first-order chi connectivity index (χ1) is 10.7. The van der Waals surface area contributed by atoms with E-state index in [1.807, 2.05) is 18.2 Å². The summed E-state index contributed by atoms with van der Waals surface area (Å²) < 4.78 is 11.1. The molecule has 1 aliphatic heterocycles. The van der Waals surface area contributed by atoms with Crippen molar-refractivity contribution in [3.8, 4) is 5.75 Å². The lowest BCUT2D eigenvalue weighted by atomic mass is 9.92. The summed E-state index contributed by atoms with van der Waals surface area (Å²) in [7, 11) is 1.71. The molecule has 3 rings (SSSR count). The molecular formula is C18H25NO3. The summed E-state index contributed by atoms with van der Waals surface area (Å²) in [6, 6.07) is 8.03. The lowest BCUT2D eigenvalue weighted by molar-refractivity contribution is -0.128. The summed E-state index contributed by atoms with van der Waals surface area (Å²) >= 11 is 0. The fraction of sp³-hybridized carbons (Fsp3) is 0.611.